The lowest BCUT2D eigenvalue weighted by Crippen LogP contribution is -2.24. The fourth-order valence-corrected chi connectivity index (χ4v) is 5.47. The average molecular weight is 450 g/mol. The lowest BCUT2D eigenvalue weighted by molar-refractivity contribution is 0.380. The Balaban J connectivity index is 1.59. The van der Waals surface area contributed by atoms with Gasteiger partial charge in [-0.15, -0.1) is 0 Å². The maximum Gasteiger partial charge on any atom is 0.316 e. The van der Waals surface area contributed by atoms with Gasteiger partial charge < -0.3 is 20.7 Å². The summed E-state index contributed by atoms with van der Waals surface area (Å²) >= 11 is 0. The monoisotopic (exact) mass is 450 g/mol. The molecule has 1 aromatic carbocycles. The van der Waals surface area contributed by atoms with Crippen LogP contribution < -0.4 is 20.7 Å². The van der Waals surface area contributed by atoms with E-state index in [2.05, 4.69) is 25.2 Å². The molecular weight excluding hydrogens is 426 g/mol. The molecule has 2 atom stereocenters. The van der Waals surface area contributed by atoms with Gasteiger partial charge in [0, 0.05) is 90.6 Å². The SMILES string of the molecule is CNc1cc(F)c(F)c2c1Cc1ncc(-c3cnc(OC)nc3)c(N3CCC4(C[C@H]4N)C3)c1-2. The van der Waals surface area contributed by atoms with Crippen LogP contribution in [0.25, 0.3) is 22.3 Å². The normalized spacial score (nSPS) is 22.5. The molecule has 7 nitrogen and oxygen atoms in total. The Bertz CT molecular complexity index is 1280. The van der Waals surface area contributed by atoms with Crippen LogP contribution in [0.1, 0.15) is 24.1 Å². The first-order chi connectivity index (χ1) is 16.0. The summed E-state index contributed by atoms with van der Waals surface area (Å²) in [5, 5.41) is 3.01. The Morgan fingerprint density at radius 2 is 1.94 bits per heavy atom. The number of nitrogens with one attached hydrogen (secondary N) is 1. The molecule has 1 aliphatic heterocycles. The van der Waals surface area contributed by atoms with Crippen LogP contribution in [0.5, 0.6) is 6.01 Å². The topological polar surface area (TPSA) is 89.2 Å². The molecule has 9 heteroatoms. The van der Waals surface area contributed by atoms with Gasteiger partial charge in [0.05, 0.1) is 18.5 Å². The summed E-state index contributed by atoms with van der Waals surface area (Å²) in [7, 11) is 3.22. The van der Waals surface area contributed by atoms with Gasteiger partial charge in [-0.2, -0.15) is 0 Å². The van der Waals surface area contributed by atoms with Crippen molar-refractivity contribution in [2.24, 2.45) is 11.1 Å². The zero-order chi connectivity index (χ0) is 22.9. The highest BCUT2D eigenvalue weighted by molar-refractivity contribution is 5.96. The Hall–Kier alpha value is -3.33. The minimum atomic E-state index is -0.878. The molecule has 2 fully saturated rings. The Morgan fingerprint density at radius 3 is 2.58 bits per heavy atom. The Morgan fingerprint density at radius 1 is 1.18 bits per heavy atom. The minimum Gasteiger partial charge on any atom is -0.467 e. The Kier molecular flexibility index (Phi) is 4.35. The number of nitrogens with two attached hydrogens (primary N) is 1. The average Bonchev–Trinajstić information content (AvgIpc) is 3.16. The number of ether oxygens (including phenoxy) is 1. The fraction of sp³-hybridized carbons (Fsp3) is 0.375. The molecule has 170 valence electrons. The maximum absolute atomic E-state index is 15.3. The number of fused-ring (bicyclic) bond motifs is 3. The number of rotatable bonds is 4. The van der Waals surface area contributed by atoms with Crippen molar-refractivity contribution >= 4 is 11.4 Å². The molecule has 1 spiro atoms. The van der Waals surface area contributed by atoms with E-state index >= 15 is 4.39 Å². The molecule has 1 unspecified atom stereocenters. The van der Waals surface area contributed by atoms with Crippen LogP contribution in [0.15, 0.2) is 24.7 Å². The molecule has 3 heterocycles. The lowest BCUT2D eigenvalue weighted by Gasteiger charge is -2.26. The number of benzene rings is 1. The van der Waals surface area contributed by atoms with E-state index in [1.165, 1.54) is 13.2 Å². The number of methoxy groups -OCH3 is 1. The van der Waals surface area contributed by atoms with Crippen molar-refractivity contribution in [1.82, 2.24) is 15.0 Å². The second-order valence-electron chi connectivity index (χ2n) is 9.15. The van der Waals surface area contributed by atoms with Crippen molar-refractivity contribution in [3.8, 4) is 28.3 Å². The van der Waals surface area contributed by atoms with Gasteiger partial charge in [-0.05, 0) is 18.4 Å². The van der Waals surface area contributed by atoms with Crippen molar-refractivity contribution < 1.29 is 13.5 Å². The highest BCUT2D eigenvalue weighted by Crippen LogP contribution is 2.56. The molecule has 3 aliphatic rings. The van der Waals surface area contributed by atoms with E-state index in [1.807, 2.05) is 0 Å². The van der Waals surface area contributed by atoms with E-state index in [0.717, 1.165) is 54.0 Å². The number of nitrogens with zero attached hydrogens (tertiary/aromatic N) is 4. The first-order valence-electron chi connectivity index (χ1n) is 11.0. The first kappa shape index (κ1) is 20.3. The third-order valence-corrected chi connectivity index (χ3v) is 7.40. The van der Waals surface area contributed by atoms with Gasteiger partial charge in [0.2, 0.25) is 0 Å². The molecule has 0 amide bonds. The van der Waals surface area contributed by atoms with Gasteiger partial charge in [0.25, 0.3) is 0 Å². The summed E-state index contributed by atoms with van der Waals surface area (Å²) in [5.74, 6) is -1.72. The van der Waals surface area contributed by atoms with Gasteiger partial charge in [0.1, 0.15) is 0 Å². The van der Waals surface area contributed by atoms with Crippen molar-refractivity contribution in [2.75, 3.05) is 37.5 Å². The van der Waals surface area contributed by atoms with Crippen molar-refractivity contribution in [2.45, 2.75) is 25.3 Å². The molecule has 0 bridgehead atoms. The van der Waals surface area contributed by atoms with Crippen LogP contribution in [0, 0.1) is 17.0 Å². The molecule has 6 rings (SSSR count). The molecular formula is C24H24F2N6O. The van der Waals surface area contributed by atoms with Gasteiger partial charge in [-0.1, -0.05) is 0 Å². The summed E-state index contributed by atoms with van der Waals surface area (Å²) in [4.78, 5) is 15.4. The fourth-order valence-electron chi connectivity index (χ4n) is 5.47. The van der Waals surface area contributed by atoms with Crippen molar-refractivity contribution in [3.05, 3.63) is 47.5 Å². The third kappa shape index (κ3) is 2.91. The molecule has 0 radical (unpaired) electrons. The number of aromatic nitrogens is 3. The predicted octanol–water partition coefficient (Wildman–Crippen LogP) is 3.37. The van der Waals surface area contributed by atoms with Gasteiger partial charge >= 0.3 is 6.01 Å². The molecule has 2 aromatic heterocycles. The van der Waals surface area contributed by atoms with Gasteiger partial charge in [-0.3, -0.25) is 4.98 Å². The van der Waals surface area contributed by atoms with E-state index in [1.54, 1.807) is 25.6 Å². The summed E-state index contributed by atoms with van der Waals surface area (Å²) in [6, 6.07) is 1.66. The van der Waals surface area contributed by atoms with Crippen LogP contribution in [0.2, 0.25) is 0 Å². The van der Waals surface area contributed by atoms with Crippen LogP contribution in [-0.4, -0.2) is 48.2 Å². The number of pyridine rings is 1. The first-order valence-corrected chi connectivity index (χ1v) is 11.0. The largest absolute Gasteiger partial charge is 0.467 e. The predicted molar refractivity (Wildman–Crippen MR) is 121 cm³/mol. The summed E-state index contributed by atoms with van der Waals surface area (Å²) in [5.41, 5.74) is 11.7. The van der Waals surface area contributed by atoms with E-state index in [-0.39, 0.29) is 23.0 Å². The smallest absolute Gasteiger partial charge is 0.316 e. The van der Waals surface area contributed by atoms with E-state index < -0.39 is 11.6 Å². The quantitative estimate of drug-likeness (QED) is 0.493. The van der Waals surface area contributed by atoms with E-state index in [4.69, 9.17) is 10.5 Å². The maximum atomic E-state index is 15.3. The summed E-state index contributed by atoms with van der Waals surface area (Å²) in [6.45, 7) is 1.57. The molecule has 3 aromatic rings. The summed E-state index contributed by atoms with van der Waals surface area (Å²) in [6.07, 6.45) is 7.53. The number of anilines is 2. The zero-order valence-electron chi connectivity index (χ0n) is 18.5. The zero-order valence-corrected chi connectivity index (χ0v) is 18.5. The molecule has 3 N–H and O–H groups in total. The second-order valence-corrected chi connectivity index (χ2v) is 9.15. The molecule has 33 heavy (non-hydrogen) atoms. The highest BCUT2D eigenvalue weighted by Gasteiger charge is 2.56. The van der Waals surface area contributed by atoms with Crippen LogP contribution in [-0.2, 0) is 6.42 Å². The van der Waals surface area contributed by atoms with Crippen LogP contribution >= 0.6 is 0 Å². The number of hydrogen-bond donors (Lipinski definition) is 2. The lowest BCUT2D eigenvalue weighted by atomic mass is 9.98. The highest BCUT2D eigenvalue weighted by atomic mass is 19.2. The Labute approximate surface area is 190 Å². The molecule has 2 aliphatic carbocycles. The summed E-state index contributed by atoms with van der Waals surface area (Å²) < 4.78 is 35.0. The number of hydrogen-bond acceptors (Lipinski definition) is 7. The van der Waals surface area contributed by atoms with Crippen molar-refractivity contribution in [1.29, 1.82) is 0 Å². The van der Waals surface area contributed by atoms with E-state index in [0.29, 0.717) is 17.7 Å². The van der Waals surface area contributed by atoms with Crippen molar-refractivity contribution in [3.63, 3.8) is 0 Å². The van der Waals surface area contributed by atoms with Crippen LogP contribution in [0.3, 0.4) is 0 Å². The molecule has 1 saturated carbocycles. The number of halogens is 2. The molecule has 1 saturated heterocycles. The second kappa shape index (κ2) is 7.08. The third-order valence-electron chi connectivity index (χ3n) is 7.40. The van der Waals surface area contributed by atoms with Gasteiger partial charge in [-0.25, -0.2) is 18.7 Å². The minimum absolute atomic E-state index is 0.0991. The standard InChI is InChI=1S/C24H24F2N6O/c1-28-16-6-15(25)21(26)19-13(16)5-17-20(19)22(32-4-3-24(11-32)7-18(24)27)14(10-29-17)12-8-30-23(33-2)31-9-12/h6,8-10,18,28H,3-5,7,11,27H2,1-2H3/t18-,24?/m1/s1. The van der Waals surface area contributed by atoms with Gasteiger partial charge in [0.15, 0.2) is 11.6 Å². The van der Waals surface area contributed by atoms with E-state index in [9.17, 15) is 4.39 Å². The van der Waals surface area contributed by atoms with Crippen LogP contribution in [0.4, 0.5) is 20.2 Å².